The van der Waals surface area contributed by atoms with Gasteiger partial charge in [-0.3, -0.25) is 9.59 Å². The summed E-state index contributed by atoms with van der Waals surface area (Å²) < 4.78 is 0. The first-order chi connectivity index (χ1) is 5.42. The molecule has 0 aliphatic heterocycles. The summed E-state index contributed by atoms with van der Waals surface area (Å²) in [5.74, 6) is 1.78. The third-order valence-corrected chi connectivity index (χ3v) is 2.46. The second-order valence-electron chi connectivity index (χ2n) is 3.55. The molecule has 0 aromatic rings. The SMILES string of the molecule is CC1(C)C(C(=O)O)C1C(=O)ON. The van der Waals surface area contributed by atoms with Crippen LogP contribution >= 0.6 is 0 Å². The molecule has 68 valence electrons. The lowest BCUT2D eigenvalue weighted by molar-refractivity contribution is -0.149. The molecule has 12 heavy (non-hydrogen) atoms. The Balaban J connectivity index is 2.73. The van der Waals surface area contributed by atoms with E-state index in [4.69, 9.17) is 5.11 Å². The molecule has 5 heteroatoms. The lowest BCUT2D eigenvalue weighted by Crippen LogP contribution is -2.15. The van der Waals surface area contributed by atoms with Gasteiger partial charge in [0.2, 0.25) is 0 Å². The fraction of sp³-hybridized carbons (Fsp3) is 0.714. The molecule has 1 fully saturated rings. The molecule has 0 aromatic carbocycles. The van der Waals surface area contributed by atoms with Gasteiger partial charge in [-0.05, 0) is 5.41 Å². The van der Waals surface area contributed by atoms with Gasteiger partial charge in [-0.15, -0.1) is 0 Å². The van der Waals surface area contributed by atoms with Gasteiger partial charge in [0.1, 0.15) is 0 Å². The van der Waals surface area contributed by atoms with Gasteiger partial charge < -0.3 is 9.94 Å². The number of carbonyl (C=O) groups is 2. The van der Waals surface area contributed by atoms with Crippen molar-refractivity contribution in [1.82, 2.24) is 0 Å². The van der Waals surface area contributed by atoms with Crippen LogP contribution in [-0.2, 0) is 14.4 Å². The maximum atomic E-state index is 10.9. The zero-order valence-electron chi connectivity index (χ0n) is 6.90. The van der Waals surface area contributed by atoms with E-state index in [2.05, 4.69) is 10.7 Å². The van der Waals surface area contributed by atoms with Gasteiger partial charge >= 0.3 is 11.9 Å². The van der Waals surface area contributed by atoms with E-state index >= 15 is 0 Å². The summed E-state index contributed by atoms with van der Waals surface area (Å²) in [4.78, 5) is 25.4. The zero-order valence-corrected chi connectivity index (χ0v) is 6.90. The average Bonchev–Trinajstić information content (AvgIpc) is 2.52. The van der Waals surface area contributed by atoms with Crippen molar-refractivity contribution in [2.75, 3.05) is 0 Å². The minimum absolute atomic E-state index is 0.526. The fourth-order valence-corrected chi connectivity index (χ4v) is 1.61. The van der Waals surface area contributed by atoms with Crippen LogP contribution in [0.1, 0.15) is 13.8 Å². The molecule has 0 bridgehead atoms. The van der Waals surface area contributed by atoms with E-state index in [0.717, 1.165) is 0 Å². The average molecular weight is 173 g/mol. The van der Waals surface area contributed by atoms with Gasteiger partial charge in [0.25, 0.3) is 0 Å². The number of hydrogen-bond acceptors (Lipinski definition) is 4. The molecule has 2 unspecified atom stereocenters. The van der Waals surface area contributed by atoms with Crippen LogP contribution in [0.2, 0.25) is 0 Å². The third-order valence-electron chi connectivity index (χ3n) is 2.46. The first kappa shape index (κ1) is 8.99. The summed E-state index contributed by atoms with van der Waals surface area (Å²) in [6.07, 6.45) is 0. The molecule has 0 heterocycles. The highest BCUT2D eigenvalue weighted by Gasteiger charge is 2.66. The van der Waals surface area contributed by atoms with Crippen LogP contribution in [0.4, 0.5) is 0 Å². The Hall–Kier alpha value is -1.10. The number of carbonyl (C=O) groups excluding carboxylic acids is 1. The number of carboxylic acid groups (broad SMARTS) is 1. The number of nitrogens with two attached hydrogens (primary N) is 1. The molecular weight excluding hydrogens is 162 g/mol. The highest BCUT2D eigenvalue weighted by molar-refractivity contribution is 5.88. The van der Waals surface area contributed by atoms with Gasteiger partial charge in [0.05, 0.1) is 11.8 Å². The Morgan fingerprint density at radius 3 is 2.17 bits per heavy atom. The molecular formula is C7H11NO4. The fourth-order valence-electron chi connectivity index (χ4n) is 1.61. The third kappa shape index (κ3) is 1.06. The van der Waals surface area contributed by atoms with Crippen LogP contribution in [-0.4, -0.2) is 17.0 Å². The molecule has 3 N–H and O–H groups in total. The van der Waals surface area contributed by atoms with E-state index in [-0.39, 0.29) is 0 Å². The normalized spacial score (nSPS) is 30.9. The minimum atomic E-state index is -0.976. The number of rotatable bonds is 2. The summed E-state index contributed by atoms with van der Waals surface area (Å²) in [5.41, 5.74) is -0.526. The maximum absolute atomic E-state index is 10.9. The predicted octanol–water partition coefficient (Wildman–Crippen LogP) is -0.240. The van der Waals surface area contributed by atoms with Crippen LogP contribution in [0.25, 0.3) is 0 Å². The zero-order chi connectivity index (χ0) is 9.52. The first-order valence-electron chi connectivity index (χ1n) is 3.56. The molecule has 0 radical (unpaired) electrons. The van der Waals surface area contributed by atoms with E-state index in [1.807, 2.05) is 0 Å². The van der Waals surface area contributed by atoms with Crippen molar-refractivity contribution < 1.29 is 19.5 Å². The molecule has 1 aliphatic carbocycles. The lowest BCUT2D eigenvalue weighted by Gasteiger charge is -1.97. The Bertz CT molecular complexity index is 236. The first-order valence-corrected chi connectivity index (χ1v) is 3.56. The highest BCUT2D eigenvalue weighted by atomic mass is 16.7. The Kier molecular flexibility index (Phi) is 1.83. The summed E-state index contributed by atoms with van der Waals surface area (Å²) in [6, 6.07) is 0. The topological polar surface area (TPSA) is 89.6 Å². The smallest absolute Gasteiger partial charge is 0.328 e. The second kappa shape index (κ2) is 2.45. The van der Waals surface area contributed by atoms with E-state index in [0.29, 0.717) is 0 Å². The summed E-state index contributed by atoms with van der Waals surface area (Å²) in [7, 11) is 0. The van der Waals surface area contributed by atoms with E-state index in [1.54, 1.807) is 13.8 Å². The Morgan fingerprint density at radius 2 is 1.92 bits per heavy atom. The molecule has 1 saturated carbocycles. The predicted molar refractivity (Wildman–Crippen MR) is 38.7 cm³/mol. The van der Waals surface area contributed by atoms with Crippen molar-refractivity contribution in [2.45, 2.75) is 13.8 Å². The molecule has 5 nitrogen and oxygen atoms in total. The van der Waals surface area contributed by atoms with Crippen LogP contribution in [0.5, 0.6) is 0 Å². The van der Waals surface area contributed by atoms with Crippen molar-refractivity contribution in [3.8, 4) is 0 Å². The van der Waals surface area contributed by atoms with E-state index < -0.39 is 29.2 Å². The van der Waals surface area contributed by atoms with Crippen LogP contribution in [0.3, 0.4) is 0 Å². The van der Waals surface area contributed by atoms with Gasteiger partial charge in [0.15, 0.2) is 0 Å². The Labute approximate surface area is 69.4 Å². The maximum Gasteiger partial charge on any atom is 0.328 e. The monoisotopic (exact) mass is 173 g/mol. The summed E-state index contributed by atoms with van der Waals surface area (Å²) >= 11 is 0. The van der Waals surface area contributed by atoms with Crippen LogP contribution in [0, 0.1) is 17.3 Å². The highest BCUT2D eigenvalue weighted by Crippen LogP contribution is 2.58. The van der Waals surface area contributed by atoms with Crippen LogP contribution in [0.15, 0.2) is 0 Å². The molecule has 1 rings (SSSR count). The van der Waals surface area contributed by atoms with Crippen molar-refractivity contribution >= 4 is 11.9 Å². The van der Waals surface area contributed by atoms with Gasteiger partial charge in [-0.2, -0.15) is 5.90 Å². The lowest BCUT2D eigenvalue weighted by atomic mass is 10.1. The molecule has 0 saturated heterocycles. The van der Waals surface area contributed by atoms with E-state index in [1.165, 1.54) is 0 Å². The van der Waals surface area contributed by atoms with Crippen LogP contribution < -0.4 is 5.90 Å². The molecule has 0 aromatic heterocycles. The summed E-state index contributed by atoms with van der Waals surface area (Å²) in [6.45, 7) is 3.40. The van der Waals surface area contributed by atoms with Gasteiger partial charge in [0, 0.05) is 0 Å². The minimum Gasteiger partial charge on any atom is -0.481 e. The van der Waals surface area contributed by atoms with Gasteiger partial charge in [-0.1, -0.05) is 13.8 Å². The quantitative estimate of drug-likeness (QED) is 0.562. The van der Waals surface area contributed by atoms with Crippen molar-refractivity contribution in [2.24, 2.45) is 23.1 Å². The number of hydrogen-bond donors (Lipinski definition) is 2. The van der Waals surface area contributed by atoms with Crippen molar-refractivity contribution in [3.05, 3.63) is 0 Å². The summed E-state index contributed by atoms with van der Waals surface area (Å²) in [5, 5.41) is 8.66. The Morgan fingerprint density at radius 1 is 1.42 bits per heavy atom. The molecule has 2 atom stereocenters. The molecule has 1 aliphatic rings. The largest absolute Gasteiger partial charge is 0.481 e. The number of aliphatic carboxylic acids is 1. The number of carboxylic acids is 1. The van der Waals surface area contributed by atoms with E-state index in [9.17, 15) is 9.59 Å². The van der Waals surface area contributed by atoms with Crippen molar-refractivity contribution in [3.63, 3.8) is 0 Å². The standard InChI is InChI=1S/C7H11NO4/c1-7(2)3(5(9)10)4(7)6(11)12-8/h3-4H,8H2,1-2H3,(H,9,10). The molecule has 0 amide bonds. The van der Waals surface area contributed by atoms with Gasteiger partial charge in [-0.25, -0.2) is 0 Å². The van der Waals surface area contributed by atoms with Crippen molar-refractivity contribution in [1.29, 1.82) is 0 Å². The second-order valence-corrected chi connectivity index (χ2v) is 3.55. The molecule has 0 spiro atoms.